The first kappa shape index (κ1) is 24.9. The van der Waals surface area contributed by atoms with Crippen LogP contribution in [0.5, 0.6) is 11.5 Å². The van der Waals surface area contributed by atoms with E-state index in [2.05, 4.69) is 20.6 Å². The Hall–Kier alpha value is -4.22. The molecular weight excluding hydrogens is 490 g/mol. The highest BCUT2D eigenvalue weighted by Gasteiger charge is 2.35. The van der Waals surface area contributed by atoms with Gasteiger partial charge in [0.15, 0.2) is 0 Å². The Morgan fingerprint density at radius 1 is 0.917 bits per heavy atom. The zero-order chi connectivity index (χ0) is 25.9. The molecule has 12 heteroatoms. The average Bonchev–Trinajstić information content (AvgIpc) is 3.28. The molecule has 36 heavy (non-hydrogen) atoms. The van der Waals surface area contributed by atoms with Crippen LogP contribution in [0.2, 0.25) is 0 Å². The van der Waals surface area contributed by atoms with Gasteiger partial charge in [0.05, 0.1) is 10.9 Å². The van der Waals surface area contributed by atoms with Crippen molar-refractivity contribution in [2.75, 3.05) is 10.6 Å². The second kappa shape index (κ2) is 9.80. The number of urea groups is 1. The molecule has 0 saturated heterocycles. The Balaban J connectivity index is 1.40. The molecular formula is C24H18F6N4O2. The fraction of sp³-hybridized carbons (Fsp3) is 0.167. The summed E-state index contributed by atoms with van der Waals surface area (Å²) in [5.74, 6) is 1.04. The van der Waals surface area contributed by atoms with Crippen LogP contribution in [-0.4, -0.2) is 22.2 Å². The number of nitrogens with one attached hydrogen (secondary N) is 3. The molecule has 0 saturated carbocycles. The summed E-state index contributed by atoms with van der Waals surface area (Å²) in [5, 5.41) is 5.51. The van der Waals surface area contributed by atoms with E-state index in [1.54, 1.807) is 30.6 Å². The molecule has 2 aromatic carbocycles. The van der Waals surface area contributed by atoms with Gasteiger partial charge in [-0.2, -0.15) is 26.3 Å². The molecule has 0 aliphatic rings. The number of halogens is 6. The van der Waals surface area contributed by atoms with Crippen molar-refractivity contribution in [3.8, 4) is 11.5 Å². The summed E-state index contributed by atoms with van der Waals surface area (Å²) in [4.78, 5) is 19.4. The van der Waals surface area contributed by atoms with E-state index in [0.29, 0.717) is 28.9 Å². The van der Waals surface area contributed by atoms with E-state index in [4.69, 9.17) is 4.74 Å². The first-order chi connectivity index (χ1) is 17.0. The smallest absolute Gasteiger partial charge is 0.416 e. The number of aromatic nitrogens is 2. The van der Waals surface area contributed by atoms with Crippen molar-refractivity contribution in [3.05, 3.63) is 78.1 Å². The molecule has 3 N–H and O–H groups in total. The molecule has 0 radical (unpaired) electrons. The second-order valence-corrected chi connectivity index (χ2v) is 7.74. The van der Waals surface area contributed by atoms with Crippen LogP contribution in [0.3, 0.4) is 0 Å². The minimum atomic E-state index is -4.88. The van der Waals surface area contributed by atoms with E-state index >= 15 is 0 Å². The standard InChI is InChI=1S/C24H18F6N4O2/c25-23(26,27)10-7-14-1-2-16(13-19(14)24(28,29)30)34-22(35)33-15-3-5-17(6-4-15)36-20-9-12-32-21-18(20)8-11-31-21/h1-6,8-9,11-13H,7,10H2,(H,31,32)(H2,33,34,35). The predicted molar refractivity (Wildman–Crippen MR) is 121 cm³/mol. The van der Waals surface area contributed by atoms with E-state index in [1.807, 2.05) is 6.07 Å². The number of ether oxygens (including phenoxy) is 1. The molecule has 2 heterocycles. The molecule has 0 spiro atoms. The van der Waals surface area contributed by atoms with Gasteiger partial charge in [-0.25, -0.2) is 9.78 Å². The summed E-state index contributed by atoms with van der Waals surface area (Å²) in [6.07, 6.45) is -8.38. The SMILES string of the molecule is O=C(Nc1ccc(Oc2ccnc3[nH]ccc23)cc1)Nc1ccc(CCC(F)(F)F)c(C(F)(F)F)c1. The zero-order valence-corrected chi connectivity index (χ0v) is 18.3. The highest BCUT2D eigenvalue weighted by atomic mass is 19.4. The van der Waals surface area contributed by atoms with Crippen molar-refractivity contribution in [1.82, 2.24) is 9.97 Å². The summed E-state index contributed by atoms with van der Waals surface area (Å²) in [7, 11) is 0. The molecule has 0 atom stereocenters. The number of pyridine rings is 1. The third-order valence-electron chi connectivity index (χ3n) is 5.11. The van der Waals surface area contributed by atoms with Crippen molar-refractivity contribution in [2.45, 2.75) is 25.2 Å². The number of benzene rings is 2. The number of carbonyl (C=O) groups is 1. The van der Waals surface area contributed by atoms with E-state index in [-0.39, 0.29) is 5.69 Å². The van der Waals surface area contributed by atoms with Gasteiger partial charge < -0.3 is 20.4 Å². The number of aromatic amines is 1. The summed E-state index contributed by atoms with van der Waals surface area (Å²) < 4.78 is 83.3. The van der Waals surface area contributed by atoms with Crippen LogP contribution >= 0.6 is 0 Å². The third kappa shape index (κ3) is 6.26. The quantitative estimate of drug-likeness (QED) is 0.236. The molecule has 0 bridgehead atoms. The lowest BCUT2D eigenvalue weighted by atomic mass is 10.0. The zero-order valence-electron chi connectivity index (χ0n) is 18.3. The fourth-order valence-corrected chi connectivity index (χ4v) is 3.46. The molecule has 0 unspecified atom stereocenters. The van der Waals surface area contributed by atoms with E-state index in [0.717, 1.165) is 17.5 Å². The number of hydrogen-bond donors (Lipinski definition) is 3. The van der Waals surface area contributed by atoms with Gasteiger partial charge in [-0.05, 0) is 60.5 Å². The Bertz CT molecular complexity index is 1360. The van der Waals surface area contributed by atoms with Crippen LogP contribution in [0.25, 0.3) is 11.0 Å². The van der Waals surface area contributed by atoms with Gasteiger partial charge in [0.2, 0.25) is 0 Å². The predicted octanol–water partition coefficient (Wildman–Crippen LogP) is 7.51. The van der Waals surface area contributed by atoms with E-state index in [9.17, 15) is 31.1 Å². The lowest BCUT2D eigenvalue weighted by molar-refractivity contribution is -0.141. The first-order valence-corrected chi connectivity index (χ1v) is 10.5. The Morgan fingerprint density at radius 2 is 1.61 bits per heavy atom. The van der Waals surface area contributed by atoms with Gasteiger partial charge >= 0.3 is 18.4 Å². The van der Waals surface area contributed by atoms with E-state index in [1.165, 1.54) is 12.1 Å². The van der Waals surface area contributed by atoms with Crippen LogP contribution in [0, 0.1) is 0 Å². The summed E-state index contributed by atoms with van der Waals surface area (Å²) in [6.45, 7) is 0. The molecule has 6 nitrogen and oxygen atoms in total. The Morgan fingerprint density at radius 3 is 2.31 bits per heavy atom. The largest absolute Gasteiger partial charge is 0.457 e. The normalized spacial score (nSPS) is 11.9. The number of nitrogens with zero attached hydrogens (tertiary/aromatic N) is 1. The fourth-order valence-electron chi connectivity index (χ4n) is 3.46. The number of H-pyrrole nitrogens is 1. The van der Waals surface area contributed by atoms with Gasteiger partial charge in [0.1, 0.15) is 17.1 Å². The number of aryl methyl sites for hydroxylation is 1. The minimum absolute atomic E-state index is 0.219. The number of rotatable bonds is 6. The first-order valence-electron chi connectivity index (χ1n) is 10.5. The number of carbonyl (C=O) groups excluding carboxylic acids is 1. The number of alkyl halides is 6. The third-order valence-corrected chi connectivity index (χ3v) is 5.11. The maximum Gasteiger partial charge on any atom is 0.416 e. The van der Waals surface area contributed by atoms with Gasteiger partial charge in [-0.3, -0.25) is 0 Å². The van der Waals surface area contributed by atoms with Crippen molar-refractivity contribution in [2.24, 2.45) is 0 Å². The number of hydrogen-bond acceptors (Lipinski definition) is 3. The number of fused-ring (bicyclic) bond motifs is 1. The van der Waals surface area contributed by atoms with Gasteiger partial charge in [0.25, 0.3) is 0 Å². The molecule has 4 rings (SSSR count). The number of anilines is 2. The van der Waals surface area contributed by atoms with Gasteiger partial charge in [-0.1, -0.05) is 6.07 Å². The van der Waals surface area contributed by atoms with Crippen LogP contribution in [0.4, 0.5) is 42.5 Å². The Labute approximate surface area is 200 Å². The summed E-state index contributed by atoms with van der Waals surface area (Å²) >= 11 is 0. The highest BCUT2D eigenvalue weighted by Crippen LogP contribution is 2.36. The molecule has 2 aromatic heterocycles. The maximum absolute atomic E-state index is 13.4. The van der Waals surface area contributed by atoms with Crippen molar-refractivity contribution in [1.29, 1.82) is 0 Å². The van der Waals surface area contributed by atoms with Gasteiger partial charge in [0, 0.05) is 30.2 Å². The van der Waals surface area contributed by atoms with Crippen LogP contribution < -0.4 is 15.4 Å². The summed E-state index contributed by atoms with van der Waals surface area (Å²) in [6, 6.07) is 11.6. The van der Waals surface area contributed by atoms with Crippen LogP contribution in [0.1, 0.15) is 17.5 Å². The topological polar surface area (TPSA) is 79.0 Å². The average molecular weight is 508 g/mol. The molecule has 0 aliphatic carbocycles. The Kier molecular flexibility index (Phi) is 6.77. The van der Waals surface area contributed by atoms with Crippen LogP contribution in [0.15, 0.2) is 67.0 Å². The van der Waals surface area contributed by atoms with Crippen LogP contribution in [-0.2, 0) is 12.6 Å². The monoisotopic (exact) mass is 508 g/mol. The number of amides is 2. The lowest BCUT2D eigenvalue weighted by Crippen LogP contribution is -2.20. The summed E-state index contributed by atoms with van der Waals surface area (Å²) in [5.41, 5.74) is -0.973. The molecule has 2 amide bonds. The molecule has 0 aliphatic heterocycles. The minimum Gasteiger partial charge on any atom is -0.457 e. The highest BCUT2D eigenvalue weighted by molar-refractivity contribution is 5.99. The van der Waals surface area contributed by atoms with Crippen molar-refractivity contribution >= 4 is 28.4 Å². The van der Waals surface area contributed by atoms with Crippen molar-refractivity contribution in [3.63, 3.8) is 0 Å². The van der Waals surface area contributed by atoms with Gasteiger partial charge in [-0.15, -0.1) is 0 Å². The lowest BCUT2D eigenvalue weighted by Gasteiger charge is -2.16. The maximum atomic E-state index is 13.4. The molecule has 4 aromatic rings. The molecule has 188 valence electrons. The van der Waals surface area contributed by atoms with Crippen molar-refractivity contribution < 1.29 is 35.9 Å². The second-order valence-electron chi connectivity index (χ2n) is 7.74. The molecule has 0 fully saturated rings. The van der Waals surface area contributed by atoms with E-state index < -0.39 is 42.4 Å².